The number of allylic oxidation sites excluding steroid dienone is 4. The molecular weight excluding hydrogens is 136 g/mol. The zero-order valence-corrected chi connectivity index (χ0v) is 6.92. The third kappa shape index (κ3) is 3.08. The Bertz CT molecular complexity index is 187. The summed E-state index contributed by atoms with van der Waals surface area (Å²) >= 11 is 0. The summed E-state index contributed by atoms with van der Waals surface area (Å²) in [5, 5.41) is 0. The van der Waals surface area contributed by atoms with Crippen molar-refractivity contribution in [3.63, 3.8) is 0 Å². The van der Waals surface area contributed by atoms with Gasteiger partial charge in [-0.15, -0.1) is 0 Å². The van der Waals surface area contributed by atoms with E-state index < -0.39 is 0 Å². The normalized spacial score (nSPS) is 19.9. The van der Waals surface area contributed by atoms with Gasteiger partial charge < -0.3 is 4.74 Å². The van der Waals surface area contributed by atoms with Crippen LogP contribution < -0.4 is 0 Å². The largest absolute Gasteiger partial charge is 0.473 e. The minimum Gasteiger partial charge on any atom is -0.473 e. The highest BCUT2D eigenvalue weighted by Crippen LogP contribution is 2.10. The molecule has 1 heteroatoms. The molecule has 0 atom stereocenters. The summed E-state index contributed by atoms with van der Waals surface area (Å²) in [5.74, 6) is 0. The molecule has 0 aliphatic carbocycles. The molecule has 1 rings (SSSR count). The Morgan fingerprint density at radius 3 is 3.27 bits per heavy atom. The Balaban J connectivity index is 2.49. The summed E-state index contributed by atoms with van der Waals surface area (Å²) in [7, 11) is 0. The Labute approximate surface area is 68.1 Å². The van der Waals surface area contributed by atoms with Crippen LogP contribution in [0.25, 0.3) is 0 Å². The maximum atomic E-state index is 5.00. The highest BCUT2D eigenvalue weighted by atomic mass is 16.5. The van der Waals surface area contributed by atoms with Gasteiger partial charge in [0.05, 0.1) is 12.5 Å². The lowest BCUT2D eigenvalue weighted by atomic mass is 10.1. The van der Waals surface area contributed by atoms with Gasteiger partial charge in [0.1, 0.15) is 0 Å². The fourth-order valence-electron chi connectivity index (χ4n) is 0.961. The molecule has 0 aromatic rings. The van der Waals surface area contributed by atoms with Crippen molar-refractivity contribution >= 4 is 0 Å². The monoisotopic (exact) mass is 150 g/mol. The maximum absolute atomic E-state index is 5.00. The van der Waals surface area contributed by atoms with Crippen LogP contribution in [0.4, 0.5) is 0 Å². The predicted octanol–water partition coefficient (Wildman–Crippen LogP) is 3.16. The Morgan fingerprint density at radius 2 is 2.45 bits per heavy atom. The van der Waals surface area contributed by atoms with Gasteiger partial charge in [0.25, 0.3) is 0 Å². The van der Waals surface area contributed by atoms with E-state index in [-0.39, 0.29) is 0 Å². The van der Waals surface area contributed by atoms with Crippen molar-refractivity contribution in [1.82, 2.24) is 0 Å². The molecule has 0 saturated heterocycles. The van der Waals surface area contributed by atoms with Crippen molar-refractivity contribution in [2.45, 2.75) is 26.2 Å². The second-order valence-corrected chi connectivity index (χ2v) is 2.58. The van der Waals surface area contributed by atoms with E-state index in [4.69, 9.17) is 4.74 Å². The minimum absolute atomic E-state index is 0.997. The van der Waals surface area contributed by atoms with E-state index in [1.807, 2.05) is 12.2 Å². The Hall–Kier alpha value is -0.980. The second-order valence-electron chi connectivity index (χ2n) is 2.58. The molecule has 1 nitrogen and oxygen atoms in total. The van der Waals surface area contributed by atoms with Gasteiger partial charge in [0, 0.05) is 0 Å². The summed E-state index contributed by atoms with van der Waals surface area (Å²) in [6.45, 7) is 2.18. The topological polar surface area (TPSA) is 9.23 Å². The smallest absolute Gasteiger partial charge is 0.0903 e. The molecule has 0 fully saturated rings. The van der Waals surface area contributed by atoms with Crippen LogP contribution in [0.5, 0.6) is 0 Å². The van der Waals surface area contributed by atoms with Crippen LogP contribution in [0.15, 0.2) is 36.3 Å². The number of hydrogen-bond acceptors (Lipinski definition) is 1. The molecule has 1 aliphatic heterocycles. The van der Waals surface area contributed by atoms with E-state index in [0.717, 1.165) is 12.8 Å². The van der Waals surface area contributed by atoms with Crippen molar-refractivity contribution in [2.75, 3.05) is 0 Å². The highest BCUT2D eigenvalue weighted by molar-refractivity contribution is 5.21. The third-order valence-corrected chi connectivity index (χ3v) is 1.58. The minimum atomic E-state index is 0.997. The predicted molar refractivity (Wildman–Crippen MR) is 47.0 cm³/mol. The zero-order chi connectivity index (χ0) is 7.94. The van der Waals surface area contributed by atoms with Crippen LogP contribution in [0.3, 0.4) is 0 Å². The number of ether oxygens (including phenoxy) is 1. The molecule has 0 unspecified atom stereocenters. The fraction of sp³-hybridized carbons (Fsp3) is 0.400. The molecule has 1 aliphatic rings. The van der Waals surface area contributed by atoms with Crippen molar-refractivity contribution < 1.29 is 4.74 Å². The molecule has 0 radical (unpaired) electrons. The number of rotatable bonds is 2. The van der Waals surface area contributed by atoms with E-state index in [1.54, 1.807) is 12.5 Å². The van der Waals surface area contributed by atoms with Gasteiger partial charge in [0.15, 0.2) is 0 Å². The summed E-state index contributed by atoms with van der Waals surface area (Å²) < 4.78 is 5.00. The van der Waals surface area contributed by atoms with E-state index in [2.05, 4.69) is 13.0 Å². The summed E-state index contributed by atoms with van der Waals surface area (Å²) in [6, 6.07) is 0. The summed E-state index contributed by atoms with van der Waals surface area (Å²) in [4.78, 5) is 0. The van der Waals surface area contributed by atoms with Crippen LogP contribution in [-0.2, 0) is 4.74 Å². The van der Waals surface area contributed by atoms with E-state index in [9.17, 15) is 0 Å². The van der Waals surface area contributed by atoms with Gasteiger partial charge in [-0.05, 0) is 30.6 Å². The van der Waals surface area contributed by atoms with Crippen LogP contribution in [0.2, 0.25) is 0 Å². The van der Waals surface area contributed by atoms with Gasteiger partial charge in [-0.2, -0.15) is 0 Å². The molecule has 60 valence electrons. The van der Waals surface area contributed by atoms with E-state index >= 15 is 0 Å². The molecule has 0 aromatic heterocycles. The molecular formula is C10H14O. The first-order chi connectivity index (χ1) is 5.43. The van der Waals surface area contributed by atoms with Gasteiger partial charge in [-0.1, -0.05) is 19.4 Å². The molecule has 11 heavy (non-hydrogen) atoms. The van der Waals surface area contributed by atoms with Crippen LogP contribution in [-0.4, -0.2) is 0 Å². The molecule has 0 bridgehead atoms. The quantitative estimate of drug-likeness (QED) is 0.587. The third-order valence-electron chi connectivity index (χ3n) is 1.58. The van der Waals surface area contributed by atoms with Gasteiger partial charge in [-0.25, -0.2) is 0 Å². The molecule has 1 heterocycles. The molecule has 0 saturated carbocycles. The van der Waals surface area contributed by atoms with Crippen LogP contribution >= 0.6 is 0 Å². The maximum Gasteiger partial charge on any atom is 0.0903 e. The van der Waals surface area contributed by atoms with E-state index in [1.165, 1.54) is 12.0 Å². The summed E-state index contributed by atoms with van der Waals surface area (Å²) in [5.41, 5.74) is 1.35. The van der Waals surface area contributed by atoms with Gasteiger partial charge >= 0.3 is 0 Å². The van der Waals surface area contributed by atoms with Crippen molar-refractivity contribution in [2.24, 2.45) is 0 Å². The lowest BCUT2D eigenvalue weighted by Gasteiger charge is -1.93. The lowest BCUT2D eigenvalue weighted by molar-refractivity contribution is 0.403. The lowest BCUT2D eigenvalue weighted by Crippen LogP contribution is -1.74. The first-order valence-electron chi connectivity index (χ1n) is 4.09. The standard InChI is InChI=1S/C10H14O/c1-2-3-5-10-6-4-8-11-9-7-10/h4-5,7-9H,2-3,6H2,1H3/b10-5+. The number of hydrogen-bond donors (Lipinski definition) is 0. The molecule has 0 aromatic carbocycles. The molecule has 0 amide bonds. The van der Waals surface area contributed by atoms with E-state index in [0.29, 0.717) is 0 Å². The summed E-state index contributed by atoms with van der Waals surface area (Å²) in [6.07, 6.45) is 13.1. The van der Waals surface area contributed by atoms with Gasteiger partial charge in [-0.3, -0.25) is 0 Å². The molecule has 0 N–H and O–H groups in total. The van der Waals surface area contributed by atoms with Crippen LogP contribution in [0, 0.1) is 0 Å². The van der Waals surface area contributed by atoms with Crippen molar-refractivity contribution in [3.05, 3.63) is 36.3 Å². The average Bonchev–Trinajstić information content (AvgIpc) is 2.28. The molecule has 0 spiro atoms. The van der Waals surface area contributed by atoms with Crippen LogP contribution in [0.1, 0.15) is 26.2 Å². The SMILES string of the molecule is CCC/C=C1/C=COC=CC1. The van der Waals surface area contributed by atoms with Gasteiger partial charge in [0.2, 0.25) is 0 Å². The van der Waals surface area contributed by atoms with Crippen molar-refractivity contribution in [3.8, 4) is 0 Å². The highest BCUT2D eigenvalue weighted by Gasteiger charge is 1.91. The fourth-order valence-corrected chi connectivity index (χ4v) is 0.961. The Morgan fingerprint density at radius 1 is 1.55 bits per heavy atom. The Kier molecular flexibility index (Phi) is 3.53. The number of unbranched alkanes of at least 4 members (excludes halogenated alkanes) is 1. The first-order valence-corrected chi connectivity index (χ1v) is 4.09. The average molecular weight is 150 g/mol. The second kappa shape index (κ2) is 4.78. The first kappa shape index (κ1) is 8.12. The van der Waals surface area contributed by atoms with Crippen molar-refractivity contribution in [1.29, 1.82) is 0 Å². The zero-order valence-electron chi connectivity index (χ0n) is 6.92.